The lowest BCUT2D eigenvalue weighted by molar-refractivity contribution is 0.923. The van der Waals surface area contributed by atoms with Gasteiger partial charge in [-0.1, -0.05) is 197 Å². The molecule has 0 atom stereocenters. The van der Waals surface area contributed by atoms with E-state index in [1.165, 1.54) is 50.8 Å². The van der Waals surface area contributed by atoms with Gasteiger partial charge < -0.3 is 4.57 Å². The van der Waals surface area contributed by atoms with Crippen LogP contribution in [0.1, 0.15) is 86.0 Å². The Labute approximate surface area is 332 Å². The Kier molecular flexibility index (Phi) is 19.1. The van der Waals surface area contributed by atoms with Crippen LogP contribution in [0.5, 0.6) is 0 Å². The first-order valence-electron chi connectivity index (χ1n) is 19.5. The Morgan fingerprint density at radius 2 is 1.53 bits per heavy atom. The molecule has 1 aliphatic rings. The fourth-order valence-corrected chi connectivity index (χ4v) is 6.53. The quantitative estimate of drug-likeness (QED) is 0.0811. The Morgan fingerprint density at radius 1 is 0.818 bits per heavy atom. The molecule has 1 nitrogen and oxygen atoms in total. The molecule has 0 unspecified atom stereocenters. The van der Waals surface area contributed by atoms with Crippen LogP contribution in [0.2, 0.25) is 0 Å². The van der Waals surface area contributed by atoms with Crippen LogP contribution >= 0.6 is 0 Å². The average Bonchev–Trinajstić information content (AvgIpc) is 3.56. The highest BCUT2D eigenvalue weighted by atomic mass is 15.0. The number of rotatable bonds is 9. The molecule has 0 fully saturated rings. The summed E-state index contributed by atoms with van der Waals surface area (Å²) in [7, 11) is 0. The fourth-order valence-electron chi connectivity index (χ4n) is 6.53. The highest BCUT2D eigenvalue weighted by Gasteiger charge is 2.15. The van der Waals surface area contributed by atoms with Crippen molar-refractivity contribution >= 4 is 40.4 Å². The summed E-state index contributed by atoms with van der Waals surface area (Å²) >= 11 is 0. The second-order valence-corrected chi connectivity index (χ2v) is 12.8. The van der Waals surface area contributed by atoms with E-state index in [0.29, 0.717) is 0 Å². The van der Waals surface area contributed by atoms with Crippen molar-refractivity contribution in [2.24, 2.45) is 0 Å². The molecule has 0 amide bonds. The van der Waals surface area contributed by atoms with Crippen molar-refractivity contribution in [2.45, 2.75) is 66.7 Å². The highest BCUT2D eigenvalue weighted by Crippen LogP contribution is 2.33. The predicted octanol–water partition coefficient (Wildman–Crippen LogP) is 15.2. The zero-order valence-corrected chi connectivity index (χ0v) is 33.7. The van der Waals surface area contributed by atoms with Crippen LogP contribution in [0.3, 0.4) is 0 Å². The van der Waals surface area contributed by atoms with Gasteiger partial charge in [0.1, 0.15) is 0 Å². The van der Waals surface area contributed by atoms with E-state index in [9.17, 15) is 0 Å². The van der Waals surface area contributed by atoms with E-state index in [1.54, 1.807) is 6.08 Å². The summed E-state index contributed by atoms with van der Waals surface area (Å²) in [5.41, 5.74) is 13.8. The number of unbranched alkanes of at least 4 members (excludes halogenated alkanes) is 1. The van der Waals surface area contributed by atoms with E-state index in [2.05, 4.69) is 185 Å². The van der Waals surface area contributed by atoms with Crippen LogP contribution in [-0.4, -0.2) is 4.57 Å². The van der Waals surface area contributed by atoms with Crippen LogP contribution < -0.4 is 0 Å². The van der Waals surface area contributed by atoms with Gasteiger partial charge in [-0.3, -0.25) is 0 Å². The predicted molar refractivity (Wildman–Crippen MR) is 248 cm³/mol. The van der Waals surface area contributed by atoms with Gasteiger partial charge in [-0.25, -0.2) is 0 Å². The summed E-state index contributed by atoms with van der Waals surface area (Å²) in [6.07, 6.45) is 37.1. The molecule has 1 heterocycles. The van der Waals surface area contributed by atoms with Crippen LogP contribution in [0.4, 0.5) is 0 Å². The molecule has 0 saturated carbocycles. The van der Waals surface area contributed by atoms with E-state index >= 15 is 0 Å². The van der Waals surface area contributed by atoms with Gasteiger partial charge in [-0.05, 0) is 91.6 Å². The molecule has 6 rings (SSSR count). The molecule has 280 valence electrons. The summed E-state index contributed by atoms with van der Waals surface area (Å²) in [6, 6.07) is 36.6. The van der Waals surface area contributed by atoms with Crippen molar-refractivity contribution < 1.29 is 0 Å². The van der Waals surface area contributed by atoms with Crippen molar-refractivity contribution in [1.29, 1.82) is 0 Å². The molecule has 0 radical (unpaired) electrons. The summed E-state index contributed by atoms with van der Waals surface area (Å²) < 4.78 is 2.27. The standard InChI is InChI=1S/C43H43N.C7H8.C2H6.C2H2/c1-5-9-17-33-18-15-22-36(29-28-35-20-11-12-21-37(35)31-33)38-23-16-19-34(32-38)27-30-41-40-25-13-14-26-43(40)44(42(41)8-4)39(7-3)24-10-6-2;1-7-5-3-2-4-6-7;2*1-2/h6-8,10-17,19-27,29-30,32H,2,4-5,9,18,28,31H2,1,3H3;2-6H,1H3;1-2H3;1-2H/b22-15-,24-10-,30-27+,33-17-,36-29+,39-7+;;;. The first-order valence-corrected chi connectivity index (χ1v) is 19.5. The fraction of sp³-hybridized carbons (Fsp3) is 0.185. The second-order valence-electron chi connectivity index (χ2n) is 12.8. The highest BCUT2D eigenvalue weighted by molar-refractivity contribution is 5.99. The number of benzene rings is 4. The van der Waals surface area contributed by atoms with Crippen molar-refractivity contribution in [3.05, 3.63) is 210 Å². The minimum Gasteiger partial charge on any atom is -0.310 e. The second kappa shape index (κ2) is 24.3. The van der Waals surface area contributed by atoms with Gasteiger partial charge in [0.25, 0.3) is 0 Å². The molecule has 0 saturated heterocycles. The molecule has 1 aliphatic carbocycles. The molecule has 1 aromatic heterocycles. The molecule has 0 aliphatic heterocycles. The van der Waals surface area contributed by atoms with Crippen molar-refractivity contribution in [3.63, 3.8) is 0 Å². The number of aryl methyl sites for hydroxylation is 1. The van der Waals surface area contributed by atoms with E-state index in [1.807, 2.05) is 44.2 Å². The lowest BCUT2D eigenvalue weighted by Crippen LogP contribution is -1.98. The van der Waals surface area contributed by atoms with Gasteiger partial charge in [0.15, 0.2) is 0 Å². The molecule has 0 bridgehead atoms. The van der Waals surface area contributed by atoms with Gasteiger partial charge in [0, 0.05) is 16.6 Å². The van der Waals surface area contributed by atoms with Gasteiger partial charge in [0.2, 0.25) is 0 Å². The molecule has 55 heavy (non-hydrogen) atoms. The van der Waals surface area contributed by atoms with Crippen LogP contribution in [0.25, 0.3) is 40.4 Å². The summed E-state index contributed by atoms with van der Waals surface area (Å²) in [5, 5.41) is 1.20. The minimum absolute atomic E-state index is 0.923. The smallest absolute Gasteiger partial charge is 0.0540 e. The maximum atomic E-state index is 4.20. The van der Waals surface area contributed by atoms with Crippen LogP contribution in [0.15, 0.2) is 170 Å². The van der Waals surface area contributed by atoms with Crippen molar-refractivity contribution in [1.82, 2.24) is 4.57 Å². The number of hydrogen-bond acceptors (Lipinski definition) is 0. The SMILES string of the molecule is C#C.C=C/C=C\C(=C/C)n1c(C=C)c(/C=C/c2cccc(C3=C/Cc4ccccc4C/C(=C\CCC)C/C=C\3)c2)c2ccccc21.CC.Cc1ccccc1. The Morgan fingerprint density at radius 3 is 2.20 bits per heavy atom. The molecule has 0 N–H and O–H groups in total. The Bertz CT molecular complexity index is 2170. The number of terminal acetylenes is 1. The lowest BCUT2D eigenvalue weighted by atomic mass is 9.92. The summed E-state index contributed by atoms with van der Waals surface area (Å²) in [5.74, 6) is 0. The van der Waals surface area contributed by atoms with E-state index in [-0.39, 0.29) is 0 Å². The first-order chi connectivity index (χ1) is 27.1. The van der Waals surface area contributed by atoms with Crippen molar-refractivity contribution in [3.8, 4) is 12.8 Å². The summed E-state index contributed by atoms with van der Waals surface area (Å²) in [4.78, 5) is 0. The average molecular weight is 722 g/mol. The number of fused-ring (bicyclic) bond motifs is 2. The Balaban J connectivity index is 0.000000648. The van der Waals surface area contributed by atoms with Crippen molar-refractivity contribution in [2.75, 3.05) is 0 Å². The number of nitrogens with zero attached hydrogens (tertiary/aromatic N) is 1. The first kappa shape index (κ1) is 43.3. The number of para-hydroxylation sites is 1. The normalized spacial score (nSPS) is 14.9. The maximum absolute atomic E-state index is 4.20. The molecule has 1 heteroatoms. The molecule has 4 aromatic carbocycles. The van der Waals surface area contributed by atoms with Crippen LogP contribution in [-0.2, 0) is 12.8 Å². The third-order valence-electron chi connectivity index (χ3n) is 9.18. The number of allylic oxidation sites excluding steroid dienone is 11. The Hall–Kier alpha value is -6.10. The van der Waals surface area contributed by atoms with E-state index in [4.69, 9.17) is 0 Å². The zero-order valence-electron chi connectivity index (χ0n) is 33.7. The topological polar surface area (TPSA) is 4.93 Å². The minimum atomic E-state index is 0.923. The molecule has 5 aromatic rings. The molecular weight excluding hydrogens is 663 g/mol. The van der Waals surface area contributed by atoms with E-state index < -0.39 is 0 Å². The zero-order chi connectivity index (χ0) is 39.8. The van der Waals surface area contributed by atoms with Gasteiger partial charge in [-0.15, -0.1) is 12.8 Å². The monoisotopic (exact) mass is 721 g/mol. The largest absolute Gasteiger partial charge is 0.310 e. The lowest BCUT2D eigenvalue weighted by Gasteiger charge is -2.13. The molecule has 0 spiro atoms. The van der Waals surface area contributed by atoms with Gasteiger partial charge in [0.05, 0.1) is 11.2 Å². The molecular formula is C54H59N. The maximum Gasteiger partial charge on any atom is 0.0540 e. The van der Waals surface area contributed by atoms with Gasteiger partial charge in [-0.2, -0.15) is 0 Å². The van der Waals surface area contributed by atoms with Crippen LogP contribution in [0, 0.1) is 19.8 Å². The van der Waals surface area contributed by atoms with E-state index in [0.717, 1.165) is 48.2 Å². The third-order valence-corrected chi connectivity index (χ3v) is 9.18. The van der Waals surface area contributed by atoms with Gasteiger partial charge >= 0.3 is 0 Å². The third kappa shape index (κ3) is 12.5. The number of aromatic nitrogens is 1. The summed E-state index contributed by atoms with van der Waals surface area (Å²) in [6.45, 7) is 18.4. The number of hydrogen-bond donors (Lipinski definition) is 0.